The van der Waals surface area contributed by atoms with Gasteiger partial charge in [-0.2, -0.15) is 0 Å². The van der Waals surface area contributed by atoms with Gasteiger partial charge in [-0.25, -0.2) is 0 Å². The molecule has 0 atom stereocenters. The quantitative estimate of drug-likeness (QED) is 0.476. The summed E-state index contributed by atoms with van der Waals surface area (Å²) in [4.78, 5) is 0. The van der Waals surface area contributed by atoms with Crippen molar-refractivity contribution in [3.63, 3.8) is 0 Å². The van der Waals surface area contributed by atoms with Crippen LogP contribution in [0.15, 0.2) is 36.6 Å². The van der Waals surface area contributed by atoms with Gasteiger partial charge in [0, 0.05) is 0 Å². The van der Waals surface area contributed by atoms with Gasteiger partial charge in [-0.3, -0.25) is 0 Å². The van der Waals surface area contributed by atoms with E-state index in [1.54, 1.807) is 0 Å². The fourth-order valence-electron chi connectivity index (χ4n) is 0.490. The smallest absolute Gasteiger partial charge is 0.406 e. The van der Waals surface area contributed by atoms with Crippen molar-refractivity contribution in [2.24, 2.45) is 0 Å². The van der Waals surface area contributed by atoms with Gasteiger partial charge >= 0.3 is 6.36 Å². The Balaban J connectivity index is 4.24. The van der Waals surface area contributed by atoms with Crippen LogP contribution in [0.25, 0.3) is 0 Å². The maximum absolute atomic E-state index is 11.6. The summed E-state index contributed by atoms with van der Waals surface area (Å²) in [6.45, 7) is 7.88. The second-order valence-corrected chi connectivity index (χ2v) is 2.06. The summed E-state index contributed by atoms with van der Waals surface area (Å²) in [7, 11) is 0. The molecule has 0 aromatic carbocycles. The van der Waals surface area contributed by atoms with Crippen LogP contribution in [-0.2, 0) is 4.74 Å². The average molecular weight is 178 g/mol. The Morgan fingerprint density at radius 1 is 1.42 bits per heavy atom. The first-order valence-corrected chi connectivity index (χ1v) is 3.11. The highest BCUT2D eigenvalue weighted by Gasteiger charge is 2.31. The van der Waals surface area contributed by atoms with Gasteiger partial charge in [0.2, 0.25) is 0 Å². The molecule has 0 saturated carbocycles. The number of allylic oxidation sites excluding steroid dienone is 3. The Hall–Kier alpha value is -1.19. The maximum atomic E-state index is 11.6. The van der Waals surface area contributed by atoms with E-state index >= 15 is 0 Å². The Bertz CT molecular complexity index is 213. The molecule has 0 fully saturated rings. The minimum Gasteiger partial charge on any atom is -0.406 e. The molecular formula is C8H9F3O. The number of ether oxygens (including phenoxy) is 1. The Kier molecular flexibility index (Phi) is 3.60. The highest BCUT2D eigenvalue weighted by Crippen LogP contribution is 2.23. The molecule has 4 heteroatoms. The minimum absolute atomic E-state index is 0.294. The van der Waals surface area contributed by atoms with E-state index in [1.807, 2.05) is 0 Å². The fourth-order valence-corrected chi connectivity index (χ4v) is 0.490. The zero-order valence-electron chi connectivity index (χ0n) is 6.61. The lowest BCUT2D eigenvalue weighted by Gasteiger charge is -2.10. The SMILES string of the molecule is C=C/C=C(/C)C(=C)OC(F)(F)F. The zero-order chi connectivity index (χ0) is 9.78. The lowest BCUT2D eigenvalue weighted by molar-refractivity contribution is -0.303. The standard InChI is InChI=1S/C8H9F3O/c1-4-5-6(2)7(3)12-8(9,10)11/h4-5H,1,3H2,2H3/b6-5-. The van der Waals surface area contributed by atoms with Crippen molar-refractivity contribution in [1.29, 1.82) is 0 Å². The Morgan fingerprint density at radius 2 is 1.92 bits per heavy atom. The summed E-state index contributed by atoms with van der Waals surface area (Å²) in [5.41, 5.74) is 0.294. The van der Waals surface area contributed by atoms with Crippen molar-refractivity contribution in [3.8, 4) is 0 Å². The van der Waals surface area contributed by atoms with Gasteiger partial charge in [0.1, 0.15) is 5.76 Å². The molecular weight excluding hydrogens is 169 g/mol. The third-order valence-corrected chi connectivity index (χ3v) is 1.05. The molecule has 0 heterocycles. The van der Waals surface area contributed by atoms with Gasteiger partial charge in [0.15, 0.2) is 0 Å². The molecule has 0 amide bonds. The predicted octanol–water partition coefficient (Wildman–Crippen LogP) is 3.17. The average Bonchev–Trinajstić information content (AvgIpc) is 1.84. The topological polar surface area (TPSA) is 9.23 Å². The maximum Gasteiger partial charge on any atom is 0.573 e. The van der Waals surface area contributed by atoms with Crippen LogP contribution in [0.3, 0.4) is 0 Å². The Morgan fingerprint density at radius 3 is 2.25 bits per heavy atom. The summed E-state index contributed by atoms with van der Waals surface area (Å²) >= 11 is 0. The van der Waals surface area contributed by atoms with Crippen molar-refractivity contribution in [2.75, 3.05) is 0 Å². The van der Waals surface area contributed by atoms with Crippen LogP contribution in [0.2, 0.25) is 0 Å². The predicted molar refractivity (Wildman–Crippen MR) is 40.2 cm³/mol. The lowest BCUT2D eigenvalue weighted by atomic mass is 10.2. The van der Waals surface area contributed by atoms with Crippen LogP contribution >= 0.6 is 0 Å². The molecule has 0 aliphatic rings. The number of halogens is 3. The number of hydrogen-bond donors (Lipinski definition) is 0. The largest absolute Gasteiger partial charge is 0.573 e. The molecule has 0 N–H and O–H groups in total. The van der Waals surface area contributed by atoms with Crippen molar-refractivity contribution < 1.29 is 17.9 Å². The van der Waals surface area contributed by atoms with E-state index in [0.717, 1.165) is 0 Å². The van der Waals surface area contributed by atoms with Crippen LogP contribution < -0.4 is 0 Å². The molecule has 0 unspecified atom stereocenters. The van der Waals surface area contributed by atoms with Crippen molar-refractivity contribution in [3.05, 3.63) is 36.6 Å². The number of rotatable bonds is 3. The van der Waals surface area contributed by atoms with E-state index in [0.29, 0.717) is 5.57 Å². The molecule has 68 valence electrons. The van der Waals surface area contributed by atoms with E-state index in [9.17, 15) is 13.2 Å². The third kappa shape index (κ3) is 4.60. The summed E-state index contributed by atoms with van der Waals surface area (Å²) in [6, 6.07) is 0. The van der Waals surface area contributed by atoms with E-state index in [2.05, 4.69) is 17.9 Å². The summed E-state index contributed by atoms with van der Waals surface area (Å²) in [5, 5.41) is 0. The second-order valence-electron chi connectivity index (χ2n) is 2.06. The fraction of sp³-hybridized carbons (Fsp3) is 0.250. The van der Waals surface area contributed by atoms with Gasteiger partial charge in [-0.1, -0.05) is 25.3 Å². The van der Waals surface area contributed by atoms with Crippen molar-refractivity contribution in [2.45, 2.75) is 13.3 Å². The van der Waals surface area contributed by atoms with Crippen LogP contribution in [0, 0.1) is 0 Å². The molecule has 0 spiro atoms. The van der Waals surface area contributed by atoms with Gasteiger partial charge < -0.3 is 4.74 Å². The molecule has 0 saturated heterocycles. The van der Waals surface area contributed by atoms with Crippen LogP contribution in [0.4, 0.5) is 13.2 Å². The normalized spacial score (nSPS) is 12.5. The van der Waals surface area contributed by atoms with E-state index in [-0.39, 0.29) is 0 Å². The highest BCUT2D eigenvalue weighted by molar-refractivity contribution is 5.24. The first kappa shape index (κ1) is 10.8. The van der Waals surface area contributed by atoms with E-state index < -0.39 is 12.1 Å². The van der Waals surface area contributed by atoms with E-state index in [4.69, 9.17) is 0 Å². The molecule has 0 bridgehead atoms. The van der Waals surface area contributed by atoms with Gasteiger partial charge in [-0.05, 0) is 12.5 Å². The molecule has 0 rings (SSSR count). The lowest BCUT2D eigenvalue weighted by Crippen LogP contribution is -2.12. The summed E-state index contributed by atoms with van der Waals surface area (Å²) in [5.74, 6) is -0.414. The molecule has 0 aliphatic heterocycles. The third-order valence-electron chi connectivity index (χ3n) is 1.05. The van der Waals surface area contributed by atoms with Gasteiger partial charge in [0.25, 0.3) is 0 Å². The zero-order valence-corrected chi connectivity index (χ0v) is 6.61. The monoisotopic (exact) mass is 178 g/mol. The van der Waals surface area contributed by atoms with E-state index in [1.165, 1.54) is 19.1 Å². The first-order chi connectivity index (χ1) is 5.37. The first-order valence-electron chi connectivity index (χ1n) is 3.11. The summed E-state index contributed by atoms with van der Waals surface area (Å²) in [6.07, 6.45) is -1.93. The van der Waals surface area contributed by atoms with Crippen molar-refractivity contribution in [1.82, 2.24) is 0 Å². The van der Waals surface area contributed by atoms with Crippen LogP contribution in [0.5, 0.6) is 0 Å². The molecule has 0 aliphatic carbocycles. The second kappa shape index (κ2) is 3.99. The minimum atomic E-state index is -4.67. The van der Waals surface area contributed by atoms with Crippen LogP contribution in [0.1, 0.15) is 6.92 Å². The number of alkyl halides is 3. The highest BCUT2D eigenvalue weighted by atomic mass is 19.4. The Labute approximate surface area is 68.8 Å². The molecule has 0 radical (unpaired) electrons. The molecule has 12 heavy (non-hydrogen) atoms. The molecule has 1 nitrogen and oxygen atoms in total. The number of hydrogen-bond acceptors (Lipinski definition) is 1. The molecule has 0 aromatic rings. The summed E-state index contributed by atoms with van der Waals surface area (Å²) < 4.78 is 38.3. The van der Waals surface area contributed by atoms with Gasteiger partial charge in [0.05, 0.1) is 0 Å². The van der Waals surface area contributed by atoms with Crippen molar-refractivity contribution >= 4 is 0 Å². The molecule has 0 aromatic heterocycles. The van der Waals surface area contributed by atoms with Crippen LogP contribution in [-0.4, -0.2) is 6.36 Å². The van der Waals surface area contributed by atoms with Gasteiger partial charge in [-0.15, -0.1) is 13.2 Å².